The van der Waals surface area contributed by atoms with Crippen molar-refractivity contribution in [1.82, 2.24) is 14.4 Å². The maximum atomic E-state index is 12.1. The van der Waals surface area contributed by atoms with Gasteiger partial charge in [-0.2, -0.15) is 0 Å². The third-order valence-corrected chi connectivity index (χ3v) is 3.77. The van der Waals surface area contributed by atoms with Crippen molar-refractivity contribution in [2.45, 2.75) is 26.4 Å². The van der Waals surface area contributed by atoms with E-state index in [0.717, 1.165) is 0 Å². The molecule has 8 nitrogen and oxygen atoms in total. The van der Waals surface area contributed by atoms with Crippen molar-refractivity contribution >= 4 is 46.0 Å². The molecule has 0 spiro atoms. The Labute approximate surface area is 154 Å². The van der Waals surface area contributed by atoms with Gasteiger partial charge in [0.05, 0.1) is 41.3 Å². The van der Waals surface area contributed by atoms with Crippen molar-refractivity contribution in [3.05, 3.63) is 35.2 Å². The van der Waals surface area contributed by atoms with Gasteiger partial charge >= 0.3 is 12.1 Å². The molecule has 2 heterocycles. The highest BCUT2D eigenvalue weighted by atomic mass is 35.5. The lowest BCUT2D eigenvalue weighted by molar-refractivity contribution is 0.0598. The Balaban J connectivity index is 2.13. The number of rotatable bonds is 2. The van der Waals surface area contributed by atoms with E-state index in [2.05, 4.69) is 15.3 Å². The SMILES string of the molecule is COC(=O)c1cc2c(cc1Cl)nc(NC(=O)OC(C)(C)C)c1cncn12. The van der Waals surface area contributed by atoms with Crippen molar-refractivity contribution in [2.75, 3.05) is 12.4 Å². The van der Waals surface area contributed by atoms with Crippen LogP contribution in [0.4, 0.5) is 10.6 Å². The molecule has 0 atom stereocenters. The van der Waals surface area contributed by atoms with Crippen LogP contribution in [0.2, 0.25) is 5.02 Å². The second-order valence-electron chi connectivity index (χ2n) is 6.55. The molecule has 26 heavy (non-hydrogen) atoms. The van der Waals surface area contributed by atoms with Gasteiger partial charge in [0.15, 0.2) is 5.82 Å². The number of nitrogens with zero attached hydrogens (tertiary/aromatic N) is 3. The predicted molar refractivity (Wildman–Crippen MR) is 96.7 cm³/mol. The molecular formula is C17H17ClN4O4. The minimum Gasteiger partial charge on any atom is -0.465 e. The highest BCUT2D eigenvalue weighted by Crippen LogP contribution is 2.27. The van der Waals surface area contributed by atoms with Gasteiger partial charge in [-0.1, -0.05) is 11.6 Å². The molecule has 3 aromatic rings. The summed E-state index contributed by atoms with van der Waals surface area (Å²) in [6.45, 7) is 5.30. The van der Waals surface area contributed by atoms with Crippen LogP contribution in [0, 0.1) is 0 Å². The zero-order valence-electron chi connectivity index (χ0n) is 14.7. The molecule has 2 aromatic heterocycles. The first-order valence-corrected chi connectivity index (χ1v) is 8.11. The second-order valence-corrected chi connectivity index (χ2v) is 6.96. The lowest BCUT2D eigenvalue weighted by Crippen LogP contribution is -2.27. The standard InChI is InChI=1S/C17H17ClN4O4/c1-17(2,3)26-16(24)21-14-13-7-19-8-22(13)12-5-9(15(23)25-4)10(18)6-11(12)20-14/h5-8H,1-4H3,(H,20,21,24). The average molecular weight is 377 g/mol. The summed E-state index contributed by atoms with van der Waals surface area (Å²) in [5.74, 6) is -0.285. The summed E-state index contributed by atoms with van der Waals surface area (Å²) in [7, 11) is 1.28. The number of amides is 1. The Morgan fingerprint density at radius 1 is 1.23 bits per heavy atom. The number of carbonyl (C=O) groups is 2. The van der Waals surface area contributed by atoms with Gasteiger partial charge in [0.1, 0.15) is 11.1 Å². The molecule has 1 N–H and O–H groups in total. The van der Waals surface area contributed by atoms with E-state index in [1.165, 1.54) is 13.2 Å². The largest absolute Gasteiger partial charge is 0.465 e. The highest BCUT2D eigenvalue weighted by Gasteiger charge is 2.20. The van der Waals surface area contributed by atoms with Crippen molar-refractivity contribution in [3.63, 3.8) is 0 Å². The topological polar surface area (TPSA) is 94.8 Å². The number of hydrogen-bond donors (Lipinski definition) is 1. The Kier molecular flexibility index (Phi) is 4.45. The number of esters is 1. The lowest BCUT2D eigenvalue weighted by Gasteiger charge is -2.19. The molecule has 3 rings (SSSR count). The molecule has 9 heteroatoms. The summed E-state index contributed by atoms with van der Waals surface area (Å²) < 4.78 is 11.7. The van der Waals surface area contributed by atoms with E-state index in [1.54, 1.807) is 43.8 Å². The predicted octanol–water partition coefficient (Wildman–Crippen LogP) is 3.67. The summed E-state index contributed by atoms with van der Waals surface area (Å²) >= 11 is 6.17. The average Bonchev–Trinajstić information content (AvgIpc) is 3.02. The number of methoxy groups -OCH3 is 1. The van der Waals surface area contributed by atoms with Crippen LogP contribution in [0.1, 0.15) is 31.1 Å². The number of ether oxygens (including phenoxy) is 2. The third kappa shape index (κ3) is 3.41. The minimum absolute atomic E-state index is 0.194. The normalized spacial score (nSPS) is 11.6. The van der Waals surface area contributed by atoms with Gasteiger partial charge in [-0.15, -0.1) is 0 Å². The zero-order chi connectivity index (χ0) is 19.1. The number of carbonyl (C=O) groups excluding carboxylic acids is 2. The first kappa shape index (κ1) is 17.9. The molecule has 0 unspecified atom stereocenters. The van der Waals surface area contributed by atoms with Crippen molar-refractivity contribution < 1.29 is 19.1 Å². The number of hydrogen-bond acceptors (Lipinski definition) is 6. The Bertz CT molecular complexity index is 1020. The smallest absolute Gasteiger partial charge is 0.413 e. The molecule has 0 aliphatic carbocycles. The van der Waals surface area contributed by atoms with Crippen LogP contribution >= 0.6 is 11.6 Å². The van der Waals surface area contributed by atoms with Crippen molar-refractivity contribution in [1.29, 1.82) is 0 Å². The van der Waals surface area contributed by atoms with Gasteiger partial charge in [-0.3, -0.25) is 9.72 Å². The first-order chi connectivity index (χ1) is 12.2. The van der Waals surface area contributed by atoms with E-state index in [9.17, 15) is 9.59 Å². The van der Waals surface area contributed by atoms with E-state index in [0.29, 0.717) is 16.6 Å². The van der Waals surface area contributed by atoms with E-state index < -0.39 is 17.7 Å². The molecular weight excluding hydrogens is 360 g/mol. The lowest BCUT2D eigenvalue weighted by atomic mass is 10.2. The minimum atomic E-state index is -0.643. The van der Waals surface area contributed by atoms with E-state index in [4.69, 9.17) is 21.1 Å². The Hall–Kier alpha value is -2.87. The fraction of sp³-hybridized carbons (Fsp3) is 0.294. The second kappa shape index (κ2) is 6.45. The van der Waals surface area contributed by atoms with Gasteiger partial charge in [0.2, 0.25) is 0 Å². The summed E-state index contributed by atoms with van der Waals surface area (Å²) in [6.07, 6.45) is 2.46. The van der Waals surface area contributed by atoms with Gasteiger partial charge in [0.25, 0.3) is 0 Å². The third-order valence-electron chi connectivity index (χ3n) is 3.46. The summed E-state index contributed by atoms with van der Waals surface area (Å²) in [4.78, 5) is 32.5. The summed E-state index contributed by atoms with van der Waals surface area (Å²) in [5, 5.41) is 2.81. The van der Waals surface area contributed by atoms with Crippen LogP contribution in [0.15, 0.2) is 24.7 Å². The van der Waals surface area contributed by atoms with Gasteiger partial charge in [-0.25, -0.2) is 19.6 Å². The maximum Gasteiger partial charge on any atom is 0.413 e. The molecule has 136 valence electrons. The van der Waals surface area contributed by atoms with E-state index in [1.807, 2.05) is 0 Å². The van der Waals surface area contributed by atoms with E-state index in [-0.39, 0.29) is 16.4 Å². The van der Waals surface area contributed by atoms with Crippen LogP contribution in [-0.2, 0) is 9.47 Å². The molecule has 0 radical (unpaired) electrons. The number of nitrogens with one attached hydrogen (secondary N) is 1. The summed E-state index contributed by atoms with van der Waals surface area (Å²) in [5.41, 5.74) is 1.18. The van der Waals surface area contributed by atoms with Gasteiger partial charge in [0, 0.05) is 0 Å². The van der Waals surface area contributed by atoms with Gasteiger partial charge < -0.3 is 9.47 Å². The van der Waals surface area contributed by atoms with Crippen LogP contribution in [0.25, 0.3) is 16.6 Å². The quantitative estimate of drug-likeness (QED) is 0.685. The van der Waals surface area contributed by atoms with Gasteiger partial charge in [-0.05, 0) is 32.9 Å². The molecule has 0 fully saturated rings. The Morgan fingerprint density at radius 2 is 1.96 bits per heavy atom. The number of halogens is 1. The van der Waals surface area contributed by atoms with Crippen molar-refractivity contribution in [2.24, 2.45) is 0 Å². The molecule has 0 aliphatic rings. The number of benzene rings is 1. The molecule has 1 amide bonds. The Morgan fingerprint density at radius 3 is 2.62 bits per heavy atom. The molecule has 0 aliphatic heterocycles. The molecule has 0 saturated carbocycles. The number of fused-ring (bicyclic) bond motifs is 3. The van der Waals surface area contributed by atoms with Crippen LogP contribution in [0.3, 0.4) is 0 Å². The fourth-order valence-electron chi connectivity index (χ4n) is 2.43. The monoisotopic (exact) mass is 376 g/mol. The number of aromatic nitrogens is 3. The number of imidazole rings is 1. The van der Waals surface area contributed by atoms with Crippen LogP contribution < -0.4 is 5.32 Å². The molecule has 1 aromatic carbocycles. The molecule has 0 bridgehead atoms. The highest BCUT2D eigenvalue weighted by molar-refractivity contribution is 6.34. The fourth-order valence-corrected chi connectivity index (χ4v) is 2.67. The van der Waals surface area contributed by atoms with Crippen molar-refractivity contribution in [3.8, 4) is 0 Å². The first-order valence-electron chi connectivity index (χ1n) is 7.73. The molecule has 0 saturated heterocycles. The number of anilines is 1. The van der Waals surface area contributed by atoms with E-state index >= 15 is 0 Å². The van der Waals surface area contributed by atoms with Crippen LogP contribution in [0.5, 0.6) is 0 Å². The van der Waals surface area contributed by atoms with Crippen LogP contribution in [-0.4, -0.2) is 39.1 Å². The maximum absolute atomic E-state index is 12.1. The zero-order valence-corrected chi connectivity index (χ0v) is 15.4. The summed E-state index contributed by atoms with van der Waals surface area (Å²) in [6, 6.07) is 3.10.